The zero-order valence-electron chi connectivity index (χ0n) is 10.1. The number of hydrogen-bond donors (Lipinski definition) is 2. The van der Waals surface area contributed by atoms with Gasteiger partial charge in [0.2, 0.25) is 0 Å². The molecule has 0 radical (unpaired) electrons. The first-order valence-electron chi connectivity index (χ1n) is 5.81. The molecule has 2 unspecified atom stereocenters. The molecule has 4 heteroatoms. The first-order chi connectivity index (χ1) is 8.11. The van der Waals surface area contributed by atoms with Crippen molar-refractivity contribution in [2.24, 2.45) is 17.5 Å². The van der Waals surface area contributed by atoms with Crippen molar-refractivity contribution < 1.29 is 9.63 Å². The van der Waals surface area contributed by atoms with Crippen LogP contribution in [0.4, 0.5) is 0 Å². The topological polar surface area (TPSA) is 78.3 Å². The highest BCUT2D eigenvalue weighted by Crippen LogP contribution is 2.14. The second-order valence-electron chi connectivity index (χ2n) is 4.48. The van der Waals surface area contributed by atoms with Crippen molar-refractivity contribution in [3.8, 4) is 0 Å². The van der Waals surface area contributed by atoms with E-state index < -0.39 is 5.97 Å². The molecule has 0 aliphatic heterocycles. The molecule has 4 N–H and O–H groups in total. The van der Waals surface area contributed by atoms with Gasteiger partial charge in [-0.1, -0.05) is 37.3 Å². The second kappa shape index (κ2) is 7.04. The van der Waals surface area contributed by atoms with Gasteiger partial charge in [0.15, 0.2) is 0 Å². The molecule has 17 heavy (non-hydrogen) atoms. The van der Waals surface area contributed by atoms with Crippen LogP contribution in [0, 0.1) is 5.92 Å². The number of rotatable bonds is 6. The summed E-state index contributed by atoms with van der Waals surface area (Å²) in [6.07, 6.45) is 1.92. The molecule has 0 aliphatic carbocycles. The predicted octanol–water partition coefficient (Wildman–Crippen LogP) is 1.39. The van der Waals surface area contributed by atoms with Gasteiger partial charge in [0.05, 0.1) is 6.42 Å². The van der Waals surface area contributed by atoms with E-state index in [1.165, 1.54) is 5.56 Å². The van der Waals surface area contributed by atoms with Gasteiger partial charge in [0.25, 0.3) is 0 Å². The summed E-state index contributed by atoms with van der Waals surface area (Å²) in [5, 5.41) is 0. The molecule has 0 heterocycles. The van der Waals surface area contributed by atoms with E-state index in [1.54, 1.807) is 0 Å². The standard InChI is InChI=1S/C13H20N2O2/c1-10(7-11-5-3-2-4-6-11)8-12(14)9-13(16)17-15/h2-6,10,12H,7-9,14-15H2,1H3. The third-order valence-electron chi connectivity index (χ3n) is 2.69. The Morgan fingerprint density at radius 2 is 2.00 bits per heavy atom. The maximum Gasteiger partial charge on any atom is 0.325 e. The van der Waals surface area contributed by atoms with Gasteiger partial charge >= 0.3 is 5.97 Å². The van der Waals surface area contributed by atoms with Gasteiger partial charge in [-0.25, -0.2) is 0 Å². The number of benzene rings is 1. The summed E-state index contributed by atoms with van der Waals surface area (Å²) >= 11 is 0. The minimum atomic E-state index is -0.454. The van der Waals surface area contributed by atoms with Gasteiger partial charge in [0, 0.05) is 6.04 Å². The highest BCUT2D eigenvalue weighted by molar-refractivity contribution is 5.69. The molecular formula is C13H20N2O2. The number of hydrogen-bond acceptors (Lipinski definition) is 4. The van der Waals surface area contributed by atoms with Crippen molar-refractivity contribution >= 4 is 5.97 Å². The first-order valence-corrected chi connectivity index (χ1v) is 5.81. The van der Waals surface area contributed by atoms with Crippen LogP contribution in [-0.4, -0.2) is 12.0 Å². The Labute approximate surface area is 102 Å². The molecule has 1 aromatic rings. The van der Waals surface area contributed by atoms with Gasteiger partial charge in [-0.15, -0.1) is 0 Å². The average molecular weight is 236 g/mol. The van der Waals surface area contributed by atoms with Gasteiger partial charge in [-0.3, -0.25) is 4.79 Å². The minimum absolute atomic E-state index is 0.176. The predicted molar refractivity (Wildman–Crippen MR) is 66.8 cm³/mol. The molecule has 0 fully saturated rings. The van der Waals surface area contributed by atoms with E-state index in [9.17, 15) is 4.79 Å². The smallest absolute Gasteiger partial charge is 0.325 e. The average Bonchev–Trinajstić information content (AvgIpc) is 2.29. The third-order valence-corrected chi connectivity index (χ3v) is 2.69. The molecule has 0 amide bonds. The molecule has 0 bridgehead atoms. The lowest BCUT2D eigenvalue weighted by Crippen LogP contribution is -2.28. The summed E-state index contributed by atoms with van der Waals surface area (Å²) in [5.74, 6) is 4.74. The Bertz CT molecular complexity index is 341. The Morgan fingerprint density at radius 3 is 2.59 bits per heavy atom. The van der Waals surface area contributed by atoms with Crippen LogP contribution in [0.2, 0.25) is 0 Å². The lowest BCUT2D eigenvalue weighted by atomic mass is 9.93. The van der Waals surface area contributed by atoms with E-state index in [4.69, 9.17) is 11.6 Å². The lowest BCUT2D eigenvalue weighted by molar-refractivity contribution is -0.144. The third kappa shape index (κ3) is 5.47. The summed E-state index contributed by atoms with van der Waals surface area (Å²) in [4.78, 5) is 15.0. The van der Waals surface area contributed by atoms with Crippen molar-refractivity contribution in [2.75, 3.05) is 0 Å². The van der Waals surface area contributed by atoms with Gasteiger partial charge in [0.1, 0.15) is 0 Å². The molecule has 1 aromatic carbocycles. The van der Waals surface area contributed by atoms with E-state index in [1.807, 2.05) is 18.2 Å². The van der Waals surface area contributed by atoms with Gasteiger partial charge in [-0.2, -0.15) is 5.90 Å². The Hall–Kier alpha value is -1.39. The summed E-state index contributed by atoms with van der Waals surface area (Å²) in [6, 6.07) is 10.0. The van der Waals surface area contributed by atoms with Crippen LogP contribution < -0.4 is 11.6 Å². The van der Waals surface area contributed by atoms with E-state index in [-0.39, 0.29) is 12.5 Å². The highest BCUT2D eigenvalue weighted by Gasteiger charge is 2.14. The fourth-order valence-corrected chi connectivity index (χ4v) is 1.96. The van der Waals surface area contributed by atoms with Crippen molar-refractivity contribution in [2.45, 2.75) is 32.2 Å². The fraction of sp³-hybridized carbons (Fsp3) is 0.462. The molecule has 0 spiro atoms. The minimum Gasteiger partial charge on any atom is -0.373 e. The number of carbonyl (C=O) groups is 1. The quantitative estimate of drug-likeness (QED) is 0.732. The van der Waals surface area contributed by atoms with Crippen LogP contribution in [-0.2, 0) is 16.1 Å². The van der Waals surface area contributed by atoms with Crippen LogP contribution in [0.1, 0.15) is 25.3 Å². The Balaban J connectivity index is 2.34. The molecule has 0 saturated heterocycles. The van der Waals surface area contributed by atoms with E-state index in [0.717, 1.165) is 12.8 Å². The second-order valence-corrected chi connectivity index (χ2v) is 4.48. The molecule has 0 aromatic heterocycles. The molecule has 1 rings (SSSR count). The molecule has 94 valence electrons. The highest BCUT2D eigenvalue weighted by atomic mass is 16.7. The van der Waals surface area contributed by atoms with Crippen molar-refractivity contribution in [3.63, 3.8) is 0 Å². The van der Waals surface area contributed by atoms with E-state index >= 15 is 0 Å². The van der Waals surface area contributed by atoms with Gasteiger partial charge < -0.3 is 10.6 Å². The van der Waals surface area contributed by atoms with Crippen LogP contribution in [0.25, 0.3) is 0 Å². The van der Waals surface area contributed by atoms with Crippen LogP contribution in [0.15, 0.2) is 30.3 Å². The summed E-state index contributed by atoms with van der Waals surface area (Å²) in [6.45, 7) is 2.13. The zero-order chi connectivity index (χ0) is 12.7. The number of nitrogens with two attached hydrogens (primary N) is 2. The Kier molecular flexibility index (Phi) is 5.66. The maximum atomic E-state index is 10.9. The summed E-state index contributed by atoms with van der Waals surface area (Å²) in [7, 11) is 0. The summed E-state index contributed by atoms with van der Waals surface area (Å²) < 4.78 is 0. The first kappa shape index (κ1) is 13.7. The molecule has 4 nitrogen and oxygen atoms in total. The molecule has 0 aliphatic rings. The summed E-state index contributed by atoms with van der Waals surface area (Å²) in [5.41, 5.74) is 7.13. The van der Waals surface area contributed by atoms with E-state index in [2.05, 4.69) is 23.9 Å². The monoisotopic (exact) mass is 236 g/mol. The molecule has 0 saturated carbocycles. The largest absolute Gasteiger partial charge is 0.373 e. The normalized spacial score (nSPS) is 14.1. The molecule has 2 atom stereocenters. The van der Waals surface area contributed by atoms with Gasteiger partial charge in [-0.05, 0) is 24.3 Å². The van der Waals surface area contributed by atoms with Crippen molar-refractivity contribution in [1.82, 2.24) is 0 Å². The van der Waals surface area contributed by atoms with Crippen LogP contribution in [0.3, 0.4) is 0 Å². The Morgan fingerprint density at radius 1 is 1.35 bits per heavy atom. The van der Waals surface area contributed by atoms with Crippen LogP contribution in [0.5, 0.6) is 0 Å². The lowest BCUT2D eigenvalue weighted by Gasteiger charge is -2.16. The maximum absolute atomic E-state index is 10.9. The van der Waals surface area contributed by atoms with Crippen LogP contribution >= 0.6 is 0 Å². The fourth-order valence-electron chi connectivity index (χ4n) is 1.96. The van der Waals surface area contributed by atoms with Crippen molar-refractivity contribution in [3.05, 3.63) is 35.9 Å². The number of carbonyl (C=O) groups excluding carboxylic acids is 1. The SMILES string of the molecule is CC(Cc1ccccc1)CC(N)CC(=O)ON. The molecular weight excluding hydrogens is 216 g/mol. The van der Waals surface area contributed by atoms with E-state index in [0.29, 0.717) is 5.92 Å². The van der Waals surface area contributed by atoms with Crippen molar-refractivity contribution in [1.29, 1.82) is 0 Å². The zero-order valence-corrected chi connectivity index (χ0v) is 10.1.